The van der Waals surface area contributed by atoms with E-state index in [9.17, 15) is 14.4 Å². The molecule has 9 heteroatoms. The first-order valence-corrected chi connectivity index (χ1v) is 9.55. The van der Waals surface area contributed by atoms with Crippen LogP contribution in [-0.2, 0) is 16.1 Å². The zero-order valence-corrected chi connectivity index (χ0v) is 16.6. The predicted octanol–water partition coefficient (Wildman–Crippen LogP) is 4.69. The quantitative estimate of drug-likeness (QED) is 0.659. The molecule has 1 N–H and O–H groups in total. The number of rotatable bonds is 6. The van der Waals surface area contributed by atoms with Crippen molar-refractivity contribution < 1.29 is 24.2 Å². The van der Waals surface area contributed by atoms with Crippen LogP contribution in [-0.4, -0.2) is 33.7 Å². The molecule has 0 atom stereocenters. The summed E-state index contributed by atoms with van der Waals surface area (Å²) in [5, 5.41) is 8.94. The molecule has 2 aromatic rings. The van der Waals surface area contributed by atoms with E-state index in [1.807, 2.05) is 0 Å². The number of carboxylic acids is 1. The zero-order chi connectivity index (χ0) is 20.3. The highest BCUT2D eigenvalue weighted by molar-refractivity contribution is 8.18. The number of halogens is 2. The van der Waals surface area contributed by atoms with Crippen LogP contribution in [0.3, 0.4) is 0 Å². The highest BCUT2D eigenvalue weighted by Gasteiger charge is 2.35. The third-order valence-electron chi connectivity index (χ3n) is 3.76. The van der Waals surface area contributed by atoms with Gasteiger partial charge >= 0.3 is 5.97 Å². The van der Waals surface area contributed by atoms with E-state index in [4.69, 9.17) is 33.0 Å². The van der Waals surface area contributed by atoms with Crippen LogP contribution in [0.2, 0.25) is 10.0 Å². The van der Waals surface area contributed by atoms with Gasteiger partial charge < -0.3 is 9.84 Å². The van der Waals surface area contributed by atoms with Crippen LogP contribution in [0.15, 0.2) is 47.4 Å². The van der Waals surface area contributed by atoms with Gasteiger partial charge in [-0.2, -0.15) is 0 Å². The lowest BCUT2D eigenvalue weighted by Crippen LogP contribution is -2.27. The highest BCUT2D eigenvalue weighted by atomic mass is 35.5. The summed E-state index contributed by atoms with van der Waals surface area (Å²) in [5.74, 6) is -1.32. The molecule has 28 heavy (non-hydrogen) atoms. The second kappa shape index (κ2) is 8.68. The minimum absolute atomic E-state index is 0.0877. The SMILES string of the molecule is O=C(O)COc1ccc(/C=C2\SC(=O)N(Cc3ccccc3Cl)C2=O)cc1Cl. The molecule has 0 saturated carbocycles. The largest absolute Gasteiger partial charge is 0.480 e. The van der Waals surface area contributed by atoms with E-state index in [1.54, 1.807) is 36.4 Å². The van der Waals surface area contributed by atoms with Gasteiger partial charge in [-0.05, 0) is 47.2 Å². The number of hydrogen-bond acceptors (Lipinski definition) is 5. The third-order valence-corrected chi connectivity index (χ3v) is 5.34. The molecule has 144 valence electrons. The molecule has 2 aromatic carbocycles. The summed E-state index contributed by atoms with van der Waals surface area (Å²) in [7, 11) is 0. The molecule has 1 fully saturated rings. The van der Waals surface area contributed by atoms with Crippen LogP contribution >= 0.6 is 35.0 Å². The van der Waals surface area contributed by atoms with E-state index >= 15 is 0 Å². The maximum atomic E-state index is 12.6. The lowest BCUT2D eigenvalue weighted by molar-refractivity contribution is -0.139. The molecule has 0 bridgehead atoms. The number of carbonyl (C=O) groups is 3. The zero-order valence-electron chi connectivity index (χ0n) is 14.2. The molecule has 1 aliphatic rings. The summed E-state index contributed by atoms with van der Waals surface area (Å²) in [4.78, 5) is 36.8. The monoisotopic (exact) mass is 437 g/mol. The standard InChI is InChI=1S/C19H13Cl2NO5S/c20-13-4-2-1-3-12(13)9-22-18(25)16(28-19(22)26)8-11-5-6-15(14(21)7-11)27-10-17(23)24/h1-8H,9-10H2,(H,23,24)/b16-8-. The molecule has 6 nitrogen and oxygen atoms in total. The molecule has 0 spiro atoms. The Bertz CT molecular complexity index is 992. The van der Waals surface area contributed by atoms with Crippen molar-refractivity contribution in [2.24, 2.45) is 0 Å². The van der Waals surface area contributed by atoms with Crippen molar-refractivity contribution in [2.45, 2.75) is 6.54 Å². The second-order valence-electron chi connectivity index (χ2n) is 5.73. The van der Waals surface area contributed by atoms with Crippen LogP contribution in [0.5, 0.6) is 5.75 Å². The molecule has 2 amide bonds. The molecule has 1 saturated heterocycles. The Labute approximate surface area is 174 Å². The van der Waals surface area contributed by atoms with E-state index < -0.39 is 18.5 Å². The summed E-state index contributed by atoms with van der Waals surface area (Å²) in [6, 6.07) is 11.7. The lowest BCUT2D eigenvalue weighted by Gasteiger charge is -2.13. The van der Waals surface area contributed by atoms with E-state index in [0.29, 0.717) is 16.1 Å². The highest BCUT2D eigenvalue weighted by Crippen LogP contribution is 2.35. The minimum Gasteiger partial charge on any atom is -0.480 e. The number of benzene rings is 2. The van der Waals surface area contributed by atoms with Crippen molar-refractivity contribution in [3.63, 3.8) is 0 Å². The van der Waals surface area contributed by atoms with Crippen molar-refractivity contribution >= 4 is 58.2 Å². The maximum Gasteiger partial charge on any atom is 0.341 e. The number of hydrogen-bond donors (Lipinski definition) is 1. The van der Waals surface area contributed by atoms with Crippen molar-refractivity contribution in [3.05, 3.63) is 68.5 Å². The first-order chi connectivity index (χ1) is 13.3. The number of carbonyl (C=O) groups excluding carboxylic acids is 2. The van der Waals surface area contributed by atoms with Gasteiger partial charge in [-0.1, -0.05) is 47.5 Å². The summed E-state index contributed by atoms with van der Waals surface area (Å²) >= 11 is 13.0. The average Bonchev–Trinajstić information content (AvgIpc) is 2.90. The molecular weight excluding hydrogens is 425 g/mol. The number of imide groups is 1. The summed E-state index contributed by atoms with van der Waals surface area (Å²) in [5.41, 5.74) is 1.26. The van der Waals surface area contributed by atoms with Crippen LogP contribution < -0.4 is 4.74 Å². The normalized spacial score (nSPS) is 15.4. The first kappa shape index (κ1) is 20.3. The van der Waals surface area contributed by atoms with E-state index in [1.165, 1.54) is 12.1 Å². The fraction of sp³-hybridized carbons (Fsp3) is 0.105. The van der Waals surface area contributed by atoms with Crippen LogP contribution in [0.4, 0.5) is 4.79 Å². The number of amides is 2. The Kier molecular flexibility index (Phi) is 6.28. The number of aliphatic carboxylic acids is 1. The molecule has 1 aliphatic heterocycles. The molecule has 3 rings (SSSR count). The van der Waals surface area contributed by atoms with Gasteiger partial charge in [0.2, 0.25) is 0 Å². The molecule has 1 heterocycles. The Morgan fingerprint density at radius 3 is 2.57 bits per heavy atom. The lowest BCUT2D eigenvalue weighted by atomic mass is 10.2. The first-order valence-electron chi connectivity index (χ1n) is 7.98. The Balaban J connectivity index is 1.77. The Morgan fingerprint density at radius 2 is 1.89 bits per heavy atom. The molecule has 0 aliphatic carbocycles. The maximum absolute atomic E-state index is 12.6. The molecule has 0 aromatic heterocycles. The summed E-state index contributed by atoms with van der Waals surface area (Å²) in [6.07, 6.45) is 1.55. The van der Waals surface area contributed by atoms with Gasteiger partial charge in [0.25, 0.3) is 11.1 Å². The topological polar surface area (TPSA) is 83.9 Å². The van der Waals surface area contributed by atoms with Gasteiger partial charge in [-0.3, -0.25) is 14.5 Å². The Morgan fingerprint density at radius 1 is 1.14 bits per heavy atom. The van der Waals surface area contributed by atoms with Gasteiger partial charge in [0, 0.05) is 5.02 Å². The van der Waals surface area contributed by atoms with Crippen molar-refractivity contribution in [1.82, 2.24) is 4.90 Å². The van der Waals surface area contributed by atoms with Gasteiger partial charge in [0.1, 0.15) is 5.75 Å². The van der Waals surface area contributed by atoms with E-state index in [2.05, 4.69) is 0 Å². The van der Waals surface area contributed by atoms with Gasteiger partial charge in [0.05, 0.1) is 16.5 Å². The van der Waals surface area contributed by atoms with Crippen LogP contribution in [0.25, 0.3) is 6.08 Å². The number of carboxylic acid groups (broad SMARTS) is 1. The third kappa shape index (κ3) is 4.67. The number of nitrogens with zero attached hydrogens (tertiary/aromatic N) is 1. The smallest absolute Gasteiger partial charge is 0.341 e. The van der Waals surface area contributed by atoms with Crippen LogP contribution in [0.1, 0.15) is 11.1 Å². The Hall–Kier alpha value is -2.48. The van der Waals surface area contributed by atoms with Crippen molar-refractivity contribution in [2.75, 3.05) is 6.61 Å². The van der Waals surface area contributed by atoms with Crippen molar-refractivity contribution in [3.8, 4) is 5.75 Å². The second-order valence-corrected chi connectivity index (χ2v) is 7.54. The van der Waals surface area contributed by atoms with Gasteiger partial charge in [-0.25, -0.2) is 4.79 Å². The molecule has 0 unspecified atom stereocenters. The van der Waals surface area contributed by atoms with Gasteiger partial charge in [0.15, 0.2) is 6.61 Å². The van der Waals surface area contributed by atoms with Crippen molar-refractivity contribution in [1.29, 1.82) is 0 Å². The fourth-order valence-electron chi connectivity index (χ4n) is 2.45. The number of thioether (sulfide) groups is 1. The minimum atomic E-state index is -1.12. The van der Waals surface area contributed by atoms with Crippen LogP contribution in [0, 0.1) is 0 Å². The van der Waals surface area contributed by atoms with E-state index in [-0.39, 0.29) is 27.5 Å². The predicted molar refractivity (Wildman–Crippen MR) is 108 cm³/mol. The average molecular weight is 438 g/mol. The van der Waals surface area contributed by atoms with E-state index in [0.717, 1.165) is 16.7 Å². The molecule has 0 radical (unpaired) electrons. The summed E-state index contributed by atoms with van der Waals surface area (Å²) < 4.78 is 5.06. The number of ether oxygens (including phenoxy) is 1. The summed E-state index contributed by atoms with van der Waals surface area (Å²) in [6.45, 7) is -0.426. The fourth-order valence-corrected chi connectivity index (χ4v) is 3.73. The molecular formula is C19H13Cl2NO5S. The van der Waals surface area contributed by atoms with Gasteiger partial charge in [-0.15, -0.1) is 0 Å².